The van der Waals surface area contributed by atoms with Crippen LogP contribution in [0.2, 0.25) is 0 Å². The number of anilines is 1. The molecule has 1 saturated heterocycles. The summed E-state index contributed by atoms with van der Waals surface area (Å²) >= 11 is 0. The minimum Gasteiger partial charge on any atom is -0.399 e. The molecule has 0 bridgehead atoms. The summed E-state index contributed by atoms with van der Waals surface area (Å²) in [7, 11) is 4.04. The Balaban J connectivity index is 2.00. The number of carbonyl (C=O) groups excluding carboxylic acids is 1. The molecular formula is C11H16N4O. The second-order valence-corrected chi connectivity index (χ2v) is 4.30. The molecule has 1 aliphatic heterocycles. The van der Waals surface area contributed by atoms with Crippen molar-refractivity contribution in [3.63, 3.8) is 0 Å². The Labute approximate surface area is 94.9 Å². The number of carbonyl (C=O) groups is 1. The molecular weight excluding hydrogens is 204 g/mol. The molecule has 1 aromatic heterocycles. The lowest BCUT2D eigenvalue weighted by atomic mass is 10.1. The van der Waals surface area contributed by atoms with Crippen molar-refractivity contribution in [1.82, 2.24) is 14.8 Å². The third kappa shape index (κ3) is 1.99. The minimum atomic E-state index is -0.0367. The Morgan fingerprint density at radius 3 is 2.81 bits per heavy atom. The fourth-order valence-electron chi connectivity index (χ4n) is 1.67. The van der Waals surface area contributed by atoms with Crippen LogP contribution in [-0.4, -0.2) is 53.9 Å². The largest absolute Gasteiger partial charge is 0.399 e. The number of rotatable bonds is 2. The van der Waals surface area contributed by atoms with Gasteiger partial charge in [0.05, 0.1) is 0 Å². The highest BCUT2D eigenvalue weighted by Crippen LogP contribution is 2.16. The Kier molecular flexibility index (Phi) is 2.78. The summed E-state index contributed by atoms with van der Waals surface area (Å²) in [5, 5.41) is 0. The van der Waals surface area contributed by atoms with Gasteiger partial charge in [-0.3, -0.25) is 9.78 Å². The minimum absolute atomic E-state index is 0.0367. The number of likely N-dealkylation sites (N-methyl/N-ethyl adjacent to an activating group) is 1. The van der Waals surface area contributed by atoms with Crippen molar-refractivity contribution in [2.75, 3.05) is 32.9 Å². The molecule has 2 N–H and O–H groups in total. The van der Waals surface area contributed by atoms with E-state index >= 15 is 0 Å². The van der Waals surface area contributed by atoms with Crippen molar-refractivity contribution in [2.24, 2.45) is 0 Å². The van der Waals surface area contributed by atoms with Gasteiger partial charge in [-0.2, -0.15) is 0 Å². The van der Waals surface area contributed by atoms with Gasteiger partial charge in [0.15, 0.2) is 0 Å². The first-order chi connectivity index (χ1) is 7.58. The number of likely N-dealkylation sites (tertiary alicyclic amines) is 1. The molecule has 5 nitrogen and oxygen atoms in total. The van der Waals surface area contributed by atoms with Gasteiger partial charge in [-0.15, -0.1) is 0 Å². The summed E-state index contributed by atoms with van der Waals surface area (Å²) in [6.07, 6.45) is 1.56. The molecule has 1 amide bonds. The second-order valence-electron chi connectivity index (χ2n) is 4.30. The Bertz CT molecular complexity index is 399. The number of hydrogen-bond acceptors (Lipinski definition) is 4. The van der Waals surface area contributed by atoms with Crippen LogP contribution in [0.25, 0.3) is 0 Å². The Morgan fingerprint density at radius 1 is 1.56 bits per heavy atom. The number of pyridine rings is 1. The highest BCUT2D eigenvalue weighted by Gasteiger charge is 2.32. The first kappa shape index (κ1) is 10.9. The van der Waals surface area contributed by atoms with Crippen LogP contribution in [0.5, 0.6) is 0 Å². The van der Waals surface area contributed by atoms with Gasteiger partial charge >= 0.3 is 0 Å². The standard InChI is InChI=1S/C11H16N4O/c1-14(2)9-6-15(7-9)11(16)10-5-8(12)3-4-13-10/h3-5,9H,6-7H2,1-2H3,(H2,12,13). The molecule has 0 spiro atoms. The third-order valence-corrected chi connectivity index (χ3v) is 2.88. The van der Waals surface area contributed by atoms with Crippen molar-refractivity contribution >= 4 is 11.6 Å². The number of amides is 1. The van der Waals surface area contributed by atoms with E-state index in [1.54, 1.807) is 23.2 Å². The first-order valence-electron chi connectivity index (χ1n) is 5.25. The summed E-state index contributed by atoms with van der Waals surface area (Å²) in [6.45, 7) is 1.53. The quantitative estimate of drug-likeness (QED) is 0.765. The molecule has 1 fully saturated rings. The lowest BCUT2D eigenvalue weighted by Crippen LogP contribution is -2.59. The van der Waals surface area contributed by atoms with Crippen LogP contribution in [0.4, 0.5) is 5.69 Å². The predicted molar refractivity (Wildman–Crippen MR) is 62.0 cm³/mol. The van der Waals surface area contributed by atoms with E-state index in [1.165, 1.54) is 0 Å². The summed E-state index contributed by atoms with van der Waals surface area (Å²) < 4.78 is 0. The van der Waals surface area contributed by atoms with Crippen LogP contribution >= 0.6 is 0 Å². The first-order valence-corrected chi connectivity index (χ1v) is 5.25. The average Bonchev–Trinajstić information content (AvgIpc) is 2.14. The van der Waals surface area contributed by atoms with Crippen LogP contribution in [0.15, 0.2) is 18.3 Å². The smallest absolute Gasteiger partial charge is 0.272 e. The van der Waals surface area contributed by atoms with Crippen molar-refractivity contribution in [3.05, 3.63) is 24.0 Å². The van der Waals surface area contributed by atoms with E-state index in [1.807, 2.05) is 14.1 Å². The summed E-state index contributed by atoms with van der Waals surface area (Å²) in [5.41, 5.74) is 6.61. The van der Waals surface area contributed by atoms with Gasteiger partial charge in [0.25, 0.3) is 5.91 Å². The van der Waals surface area contributed by atoms with Gasteiger partial charge in [0.1, 0.15) is 5.69 Å². The normalized spacial score (nSPS) is 16.3. The zero-order valence-electron chi connectivity index (χ0n) is 9.55. The van der Waals surface area contributed by atoms with E-state index < -0.39 is 0 Å². The topological polar surface area (TPSA) is 62.5 Å². The zero-order valence-corrected chi connectivity index (χ0v) is 9.55. The number of aromatic nitrogens is 1. The monoisotopic (exact) mass is 220 g/mol. The van der Waals surface area contributed by atoms with E-state index in [2.05, 4.69) is 9.88 Å². The lowest BCUT2D eigenvalue weighted by Gasteiger charge is -2.42. The highest BCUT2D eigenvalue weighted by molar-refractivity contribution is 5.93. The fraction of sp³-hybridized carbons (Fsp3) is 0.455. The summed E-state index contributed by atoms with van der Waals surface area (Å²) in [4.78, 5) is 19.9. The van der Waals surface area contributed by atoms with Crippen LogP contribution in [0.3, 0.4) is 0 Å². The molecule has 0 radical (unpaired) electrons. The van der Waals surface area contributed by atoms with Gasteiger partial charge in [-0.05, 0) is 26.2 Å². The van der Waals surface area contributed by atoms with Gasteiger partial charge in [0.2, 0.25) is 0 Å². The SMILES string of the molecule is CN(C)C1CN(C(=O)c2cc(N)ccn2)C1. The molecule has 0 saturated carbocycles. The molecule has 2 rings (SSSR count). The molecule has 16 heavy (non-hydrogen) atoms. The number of hydrogen-bond donors (Lipinski definition) is 1. The maximum atomic E-state index is 11.9. The fourth-order valence-corrected chi connectivity index (χ4v) is 1.67. The van der Waals surface area contributed by atoms with Crippen molar-refractivity contribution in [1.29, 1.82) is 0 Å². The summed E-state index contributed by atoms with van der Waals surface area (Å²) in [5.74, 6) is -0.0367. The lowest BCUT2D eigenvalue weighted by molar-refractivity contribution is 0.0394. The Hall–Kier alpha value is -1.62. The number of nitrogen functional groups attached to an aromatic ring is 1. The van der Waals surface area contributed by atoms with E-state index in [4.69, 9.17) is 5.73 Å². The van der Waals surface area contributed by atoms with E-state index in [0.29, 0.717) is 17.4 Å². The van der Waals surface area contributed by atoms with Crippen LogP contribution < -0.4 is 5.73 Å². The average molecular weight is 220 g/mol. The molecule has 0 unspecified atom stereocenters. The highest BCUT2D eigenvalue weighted by atomic mass is 16.2. The van der Waals surface area contributed by atoms with Crippen molar-refractivity contribution in [3.8, 4) is 0 Å². The van der Waals surface area contributed by atoms with Crippen molar-refractivity contribution < 1.29 is 4.79 Å². The molecule has 1 aromatic rings. The van der Waals surface area contributed by atoms with Crippen LogP contribution in [0, 0.1) is 0 Å². The van der Waals surface area contributed by atoms with Gasteiger partial charge in [-0.1, -0.05) is 0 Å². The molecule has 0 aromatic carbocycles. The van der Waals surface area contributed by atoms with Gasteiger partial charge in [-0.25, -0.2) is 0 Å². The second kappa shape index (κ2) is 4.09. The van der Waals surface area contributed by atoms with E-state index in [9.17, 15) is 4.79 Å². The van der Waals surface area contributed by atoms with Gasteiger partial charge < -0.3 is 15.5 Å². The van der Waals surface area contributed by atoms with E-state index in [-0.39, 0.29) is 5.91 Å². The maximum Gasteiger partial charge on any atom is 0.272 e. The Morgan fingerprint density at radius 2 is 2.25 bits per heavy atom. The number of nitrogens with two attached hydrogens (primary N) is 1. The van der Waals surface area contributed by atoms with Crippen LogP contribution in [0.1, 0.15) is 10.5 Å². The predicted octanol–water partition coefficient (Wildman–Crippen LogP) is 0.0498. The molecule has 86 valence electrons. The molecule has 0 aliphatic carbocycles. The summed E-state index contributed by atoms with van der Waals surface area (Å²) in [6, 6.07) is 3.76. The third-order valence-electron chi connectivity index (χ3n) is 2.88. The van der Waals surface area contributed by atoms with E-state index in [0.717, 1.165) is 13.1 Å². The molecule has 0 atom stereocenters. The molecule has 1 aliphatic rings. The van der Waals surface area contributed by atoms with Crippen molar-refractivity contribution in [2.45, 2.75) is 6.04 Å². The number of nitrogens with zero attached hydrogens (tertiary/aromatic N) is 3. The maximum absolute atomic E-state index is 11.9. The van der Waals surface area contributed by atoms with Gasteiger partial charge in [0, 0.05) is 31.0 Å². The zero-order chi connectivity index (χ0) is 11.7. The van der Waals surface area contributed by atoms with Crippen LogP contribution in [-0.2, 0) is 0 Å². The molecule has 2 heterocycles. The molecule has 5 heteroatoms.